The third kappa shape index (κ3) is 5.33. The van der Waals surface area contributed by atoms with Crippen molar-refractivity contribution in [2.24, 2.45) is 5.92 Å². The number of anilines is 1. The molecule has 1 aliphatic carbocycles. The molecule has 1 saturated carbocycles. The second-order valence-electron chi connectivity index (χ2n) is 6.96. The molecule has 0 radical (unpaired) electrons. The van der Waals surface area contributed by atoms with E-state index in [9.17, 15) is 13.2 Å². The minimum absolute atomic E-state index is 0.0827. The first-order chi connectivity index (χ1) is 13.5. The number of nitrogens with zero attached hydrogens (tertiary/aromatic N) is 1. The van der Waals surface area contributed by atoms with E-state index in [4.69, 9.17) is 4.74 Å². The molecule has 2 aromatic carbocycles. The van der Waals surface area contributed by atoms with Crippen LogP contribution in [0.1, 0.15) is 29.6 Å². The Morgan fingerprint density at radius 2 is 1.89 bits per heavy atom. The summed E-state index contributed by atoms with van der Waals surface area (Å²) in [6.45, 7) is 1.92. The number of amides is 1. The molecule has 0 spiro atoms. The maximum absolute atomic E-state index is 12.9. The molecule has 0 aromatic heterocycles. The molecular formula is C21H26N2O4S. The van der Waals surface area contributed by atoms with E-state index in [1.54, 1.807) is 36.4 Å². The fourth-order valence-corrected chi connectivity index (χ4v) is 3.99. The van der Waals surface area contributed by atoms with Gasteiger partial charge in [-0.1, -0.05) is 24.3 Å². The van der Waals surface area contributed by atoms with Crippen molar-refractivity contribution in [3.63, 3.8) is 0 Å². The van der Waals surface area contributed by atoms with Crippen LogP contribution in [0.4, 0.5) is 5.69 Å². The van der Waals surface area contributed by atoms with Crippen LogP contribution < -0.4 is 9.62 Å². The summed E-state index contributed by atoms with van der Waals surface area (Å²) in [7, 11) is -2.25. The number of hydrogen-bond donors (Lipinski definition) is 1. The third-order valence-corrected chi connectivity index (χ3v) is 6.46. The van der Waals surface area contributed by atoms with Crippen molar-refractivity contribution >= 4 is 21.6 Å². The van der Waals surface area contributed by atoms with Crippen molar-refractivity contribution in [2.75, 3.05) is 31.1 Å². The molecule has 2 aromatic rings. The maximum atomic E-state index is 12.9. The van der Waals surface area contributed by atoms with Crippen LogP contribution in [0.25, 0.3) is 0 Å². The zero-order valence-corrected chi connectivity index (χ0v) is 16.8. The highest BCUT2D eigenvalue weighted by atomic mass is 32.2. The van der Waals surface area contributed by atoms with Gasteiger partial charge in [0.1, 0.15) is 0 Å². The van der Waals surface area contributed by atoms with Crippen molar-refractivity contribution in [1.82, 2.24) is 5.32 Å². The Hall–Kier alpha value is -2.38. The van der Waals surface area contributed by atoms with E-state index >= 15 is 0 Å². The number of carbonyl (C=O) groups excluding carboxylic acids is 1. The van der Waals surface area contributed by atoms with Crippen LogP contribution in [0, 0.1) is 5.92 Å². The lowest BCUT2D eigenvalue weighted by Gasteiger charge is -2.19. The number of nitrogens with one attached hydrogen (secondary N) is 1. The lowest BCUT2D eigenvalue weighted by Crippen LogP contribution is -2.28. The van der Waals surface area contributed by atoms with E-state index in [0.717, 1.165) is 18.9 Å². The van der Waals surface area contributed by atoms with Gasteiger partial charge in [0, 0.05) is 32.4 Å². The lowest BCUT2D eigenvalue weighted by molar-refractivity contribution is 0.0937. The molecule has 0 atom stereocenters. The summed E-state index contributed by atoms with van der Waals surface area (Å²) in [5, 5.41) is 2.81. The van der Waals surface area contributed by atoms with Crippen LogP contribution in [0.2, 0.25) is 0 Å². The highest BCUT2D eigenvalue weighted by Crippen LogP contribution is 2.28. The van der Waals surface area contributed by atoms with Crippen molar-refractivity contribution in [1.29, 1.82) is 0 Å². The lowest BCUT2D eigenvalue weighted by atomic mass is 10.2. The van der Waals surface area contributed by atoms with Gasteiger partial charge in [-0.2, -0.15) is 0 Å². The average Bonchev–Trinajstić information content (AvgIpc) is 3.55. The van der Waals surface area contributed by atoms with E-state index in [2.05, 4.69) is 5.32 Å². The van der Waals surface area contributed by atoms with E-state index in [1.165, 1.54) is 36.3 Å². The second-order valence-corrected chi connectivity index (χ2v) is 8.93. The second kappa shape index (κ2) is 9.21. The van der Waals surface area contributed by atoms with Gasteiger partial charge in [-0.25, -0.2) is 8.42 Å². The fraction of sp³-hybridized carbons (Fsp3) is 0.381. The number of carbonyl (C=O) groups is 1. The Morgan fingerprint density at radius 3 is 2.61 bits per heavy atom. The first-order valence-corrected chi connectivity index (χ1v) is 10.9. The molecule has 0 bridgehead atoms. The van der Waals surface area contributed by atoms with Crippen molar-refractivity contribution in [2.45, 2.75) is 24.2 Å². The van der Waals surface area contributed by atoms with Gasteiger partial charge in [0.15, 0.2) is 0 Å². The zero-order chi connectivity index (χ0) is 20.0. The highest BCUT2D eigenvalue weighted by molar-refractivity contribution is 7.92. The minimum Gasteiger partial charge on any atom is -0.381 e. The van der Waals surface area contributed by atoms with Crippen molar-refractivity contribution in [3.8, 4) is 0 Å². The Morgan fingerprint density at radius 1 is 1.14 bits per heavy atom. The largest absolute Gasteiger partial charge is 0.381 e. The van der Waals surface area contributed by atoms with Crippen LogP contribution in [0.5, 0.6) is 0 Å². The number of sulfonamides is 1. The SMILES string of the molecule is CN(c1ccccc1)S(=O)(=O)c1cccc(C(=O)NCCCOCC2CC2)c1. The Balaban J connectivity index is 1.58. The summed E-state index contributed by atoms with van der Waals surface area (Å²) in [6, 6.07) is 14.9. The van der Waals surface area contributed by atoms with E-state index in [1.807, 2.05) is 6.07 Å². The zero-order valence-electron chi connectivity index (χ0n) is 16.0. The highest BCUT2D eigenvalue weighted by Gasteiger charge is 2.22. The van der Waals surface area contributed by atoms with Gasteiger partial charge in [0.25, 0.3) is 15.9 Å². The Kier molecular flexibility index (Phi) is 6.70. The number of ether oxygens (including phenoxy) is 1. The van der Waals surface area contributed by atoms with Crippen LogP contribution in [-0.2, 0) is 14.8 Å². The smallest absolute Gasteiger partial charge is 0.264 e. The maximum Gasteiger partial charge on any atom is 0.264 e. The first kappa shape index (κ1) is 20.4. The molecule has 3 rings (SSSR count). The van der Waals surface area contributed by atoms with Crippen LogP contribution in [0.15, 0.2) is 59.5 Å². The molecule has 0 unspecified atom stereocenters. The normalized spacial score (nSPS) is 13.9. The summed E-state index contributed by atoms with van der Waals surface area (Å²) in [5.74, 6) is 0.440. The summed E-state index contributed by atoms with van der Waals surface area (Å²) >= 11 is 0. The number of para-hydroxylation sites is 1. The summed E-state index contributed by atoms with van der Waals surface area (Å²) in [5.41, 5.74) is 0.880. The fourth-order valence-electron chi connectivity index (χ4n) is 2.75. The molecule has 1 fully saturated rings. The number of rotatable bonds is 10. The van der Waals surface area contributed by atoms with Crippen LogP contribution >= 0.6 is 0 Å². The first-order valence-electron chi connectivity index (χ1n) is 9.48. The van der Waals surface area contributed by atoms with Gasteiger partial charge >= 0.3 is 0 Å². The van der Waals surface area contributed by atoms with Gasteiger partial charge in [-0.15, -0.1) is 0 Å². The molecular weight excluding hydrogens is 376 g/mol. The van der Waals surface area contributed by atoms with Crippen LogP contribution in [0.3, 0.4) is 0 Å². The van der Waals surface area contributed by atoms with E-state index in [-0.39, 0.29) is 10.8 Å². The number of hydrogen-bond acceptors (Lipinski definition) is 4. The molecule has 0 saturated heterocycles. The predicted octanol–water partition coefficient (Wildman–Crippen LogP) is 3.06. The molecule has 1 N–H and O–H groups in total. The molecule has 150 valence electrons. The van der Waals surface area contributed by atoms with E-state index < -0.39 is 10.0 Å². The third-order valence-electron chi connectivity index (χ3n) is 4.68. The molecule has 6 nitrogen and oxygen atoms in total. The average molecular weight is 403 g/mol. The summed E-state index contributed by atoms with van der Waals surface area (Å²) in [4.78, 5) is 12.4. The quantitative estimate of drug-likeness (QED) is 0.620. The topological polar surface area (TPSA) is 75.7 Å². The predicted molar refractivity (Wildman–Crippen MR) is 109 cm³/mol. The standard InChI is InChI=1S/C21H26N2O4S/c1-23(19-8-3-2-4-9-19)28(25,26)20-10-5-7-18(15-20)21(24)22-13-6-14-27-16-17-11-12-17/h2-5,7-10,15,17H,6,11-14,16H2,1H3,(H,22,24). The summed E-state index contributed by atoms with van der Waals surface area (Å²) in [6.07, 6.45) is 3.25. The molecule has 28 heavy (non-hydrogen) atoms. The Bertz CT molecular complexity index is 896. The molecule has 1 amide bonds. The van der Waals surface area contributed by atoms with Gasteiger partial charge in [0.2, 0.25) is 0 Å². The summed E-state index contributed by atoms with van der Waals surface area (Å²) < 4.78 is 32.5. The van der Waals surface area contributed by atoms with Gasteiger partial charge in [-0.3, -0.25) is 9.10 Å². The number of benzene rings is 2. The van der Waals surface area contributed by atoms with E-state index in [0.29, 0.717) is 24.4 Å². The molecule has 0 aliphatic heterocycles. The minimum atomic E-state index is -3.75. The van der Waals surface area contributed by atoms with Gasteiger partial charge in [-0.05, 0) is 55.5 Å². The molecule has 0 heterocycles. The van der Waals surface area contributed by atoms with Gasteiger partial charge < -0.3 is 10.1 Å². The van der Waals surface area contributed by atoms with Crippen molar-refractivity contribution < 1.29 is 17.9 Å². The monoisotopic (exact) mass is 402 g/mol. The van der Waals surface area contributed by atoms with Crippen LogP contribution in [-0.4, -0.2) is 41.1 Å². The van der Waals surface area contributed by atoms with Crippen molar-refractivity contribution in [3.05, 3.63) is 60.2 Å². The molecule has 7 heteroatoms. The Labute approximate surface area is 166 Å². The van der Waals surface area contributed by atoms with Gasteiger partial charge in [0.05, 0.1) is 10.6 Å². The molecule has 1 aliphatic rings.